The highest BCUT2D eigenvalue weighted by Crippen LogP contribution is 2.34. The van der Waals surface area contributed by atoms with E-state index in [0.29, 0.717) is 52.5 Å². The number of piperazine rings is 2. The fraction of sp³-hybridized carbons (Fsp3) is 0.522. The first kappa shape index (κ1) is 91.6. The van der Waals surface area contributed by atoms with Crippen LogP contribution in [-0.4, -0.2) is 253 Å². The third-order valence-electron chi connectivity index (χ3n) is 21.3. The van der Waals surface area contributed by atoms with Gasteiger partial charge in [-0.05, 0) is 141 Å². The zero-order valence-corrected chi connectivity index (χ0v) is 73.6. The molecule has 26 nitrogen and oxygen atoms in total. The average molecular weight is 1610 g/mol. The van der Waals surface area contributed by atoms with Gasteiger partial charge in [0.2, 0.25) is 23.6 Å². The normalized spacial score (nSPS) is 16.7. The maximum absolute atomic E-state index is 13.0. The van der Waals surface area contributed by atoms with Crippen LogP contribution in [0.4, 0.5) is 46.0 Å². The lowest BCUT2D eigenvalue weighted by Crippen LogP contribution is -2.51. The number of hydrogen-bond acceptors (Lipinski definition) is 22. The summed E-state index contributed by atoms with van der Waals surface area (Å²) in [6.45, 7) is 51.7. The molecule has 16 rings (SSSR count). The van der Waals surface area contributed by atoms with Crippen LogP contribution >= 0.6 is 0 Å². The maximum Gasteiger partial charge on any atom is 0.241 e. The fourth-order valence-electron chi connectivity index (χ4n) is 16.0. The van der Waals surface area contributed by atoms with Crippen LogP contribution in [-0.2, 0) is 32.0 Å². The predicted octanol–water partition coefficient (Wildman–Crippen LogP) is 12.6. The summed E-state index contributed by atoms with van der Waals surface area (Å²) in [6.07, 6.45) is 6.26. The summed E-state index contributed by atoms with van der Waals surface area (Å²) < 4.78 is 11.3. The first-order valence-electron chi connectivity index (χ1n) is 43.4. The molecule has 4 aromatic heterocycles. The topological polar surface area (TPSA) is 229 Å². The SMILES string of the molecule is CC.CC.CC.CC.Cc1cc(N2CCCN(CC(=O)N3CCCc4ccccc43)CC2)nc(C)n1.Cc1cc(N2CCCN(CC(=O)N3CCOc4ccccc43)CC2)nc(C)n1.Cc1cc(N2CCN(CC(=O)N3CCCc4ccccc43)CC2)nc(C)n1.Cc1cc(N2CCN(CC(=O)N3CCOc4ccccc43)CC2)nc(C)n1. The molecule has 0 saturated carbocycles. The highest BCUT2D eigenvalue weighted by Gasteiger charge is 2.32. The third kappa shape index (κ3) is 25.9. The van der Waals surface area contributed by atoms with E-state index >= 15 is 0 Å². The Morgan fingerprint density at radius 2 is 0.534 bits per heavy atom. The van der Waals surface area contributed by atoms with Crippen molar-refractivity contribution in [3.63, 3.8) is 0 Å². The number of fused-ring (bicyclic) bond motifs is 4. The third-order valence-corrected chi connectivity index (χ3v) is 21.3. The first-order valence-corrected chi connectivity index (χ1v) is 43.4. The first-order chi connectivity index (χ1) is 57.4. The van der Waals surface area contributed by atoms with Crippen molar-refractivity contribution in [1.29, 1.82) is 0 Å². The minimum Gasteiger partial charge on any atom is -0.490 e. The zero-order chi connectivity index (χ0) is 84.6. The molecule has 12 heterocycles. The molecule has 0 N–H and O–H groups in total. The van der Waals surface area contributed by atoms with Gasteiger partial charge in [0, 0.05) is 176 Å². The number of amides is 4. The maximum atomic E-state index is 13.0. The standard InChI is InChI=1S/C22H29N5O.C21H27N5O2.C21H27N5O.C20H25N5O2.4C2H6/c1-17-15-21(24-18(2)23-17)26-11-6-10-25(13-14-26)16-22(28)27-12-5-8-19-7-3-4-9-20(19)27;1-16-14-20(23-17(2)22-16)25-9-5-8-24(10-11-25)15-21(27)26-12-13-28-19-7-4-3-6-18(19)26;1-16-14-20(23-17(2)22-16)25-12-10-24(11-13-25)15-21(27)26-9-5-7-18-6-3-4-8-19(18)26;1-15-13-19(22-16(2)21-15)24-9-7-23(8-10-24)14-20(26)25-11-12-27-18-6-4-3-5-17(18)25;4*1-2/h3-4,7,9,15H,5-6,8,10-14,16H2,1-2H3;3-4,6-7,14H,5,8-13,15H2,1-2H3;3-4,6,8,14H,5,7,9-13,15H2,1-2H3;3-6,13H,7-12,14H2,1-2H3;4*1-2H3. The molecule has 8 aromatic rings. The highest BCUT2D eigenvalue weighted by molar-refractivity contribution is 5.98. The van der Waals surface area contributed by atoms with Crippen LogP contribution in [0.25, 0.3) is 0 Å². The minimum absolute atomic E-state index is 0.132. The minimum atomic E-state index is 0.132. The molecule has 4 aromatic carbocycles. The summed E-state index contributed by atoms with van der Waals surface area (Å²) >= 11 is 0. The van der Waals surface area contributed by atoms with Crippen molar-refractivity contribution in [3.05, 3.63) is 179 Å². The number of aryl methyl sites for hydroxylation is 10. The molecular weight excluding hydrogens is 1480 g/mol. The monoisotopic (exact) mass is 1610 g/mol. The molecule has 4 amide bonds. The number of carbonyl (C=O) groups is 4. The Morgan fingerprint density at radius 3 is 0.831 bits per heavy atom. The van der Waals surface area contributed by atoms with Gasteiger partial charge in [0.15, 0.2) is 0 Å². The van der Waals surface area contributed by atoms with Crippen molar-refractivity contribution in [1.82, 2.24) is 59.5 Å². The Labute approximate surface area is 703 Å². The van der Waals surface area contributed by atoms with E-state index < -0.39 is 0 Å². The molecule has 0 atom stereocenters. The van der Waals surface area contributed by atoms with Crippen molar-refractivity contribution in [2.75, 3.05) is 209 Å². The van der Waals surface area contributed by atoms with E-state index in [-0.39, 0.29) is 23.6 Å². The van der Waals surface area contributed by atoms with Crippen molar-refractivity contribution in [2.45, 2.75) is 149 Å². The van der Waals surface area contributed by atoms with Gasteiger partial charge in [0.25, 0.3) is 0 Å². The Kier molecular flexibility index (Phi) is 36.3. The molecule has 0 unspecified atom stereocenters. The van der Waals surface area contributed by atoms with Crippen molar-refractivity contribution < 1.29 is 28.7 Å². The molecule has 636 valence electrons. The number of para-hydroxylation sites is 6. The summed E-state index contributed by atoms with van der Waals surface area (Å²) in [5.74, 6) is 9.47. The Bertz CT molecular complexity index is 4130. The van der Waals surface area contributed by atoms with Crippen LogP contribution in [0, 0.1) is 55.4 Å². The number of hydrogen-bond donors (Lipinski definition) is 0. The molecule has 8 aliphatic heterocycles. The molecule has 8 aliphatic rings. The second-order valence-electron chi connectivity index (χ2n) is 29.7. The van der Waals surface area contributed by atoms with Crippen LogP contribution in [0.5, 0.6) is 11.5 Å². The molecule has 4 saturated heterocycles. The van der Waals surface area contributed by atoms with E-state index in [0.717, 1.165) is 260 Å². The fourth-order valence-corrected chi connectivity index (χ4v) is 16.0. The van der Waals surface area contributed by atoms with E-state index in [4.69, 9.17) is 9.47 Å². The Morgan fingerprint density at radius 1 is 0.280 bits per heavy atom. The van der Waals surface area contributed by atoms with Gasteiger partial charge >= 0.3 is 0 Å². The van der Waals surface area contributed by atoms with Crippen molar-refractivity contribution in [2.24, 2.45) is 0 Å². The summed E-state index contributed by atoms with van der Waals surface area (Å²) in [4.78, 5) is 113. The van der Waals surface area contributed by atoms with Gasteiger partial charge < -0.3 is 48.7 Å². The molecule has 0 bridgehead atoms. The number of carbonyl (C=O) groups excluding carboxylic acids is 4. The van der Waals surface area contributed by atoms with Gasteiger partial charge in [0.1, 0.15) is 71.3 Å². The number of aromatic nitrogens is 8. The molecule has 0 spiro atoms. The average Bonchev–Trinajstić information content (AvgIpc) is 1.30. The van der Waals surface area contributed by atoms with Gasteiger partial charge in [-0.25, -0.2) is 39.9 Å². The molecule has 26 heteroatoms. The van der Waals surface area contributed by atoms with E-state index in [1.807, 2.05) is 209 Å². The van der Waals surface area contributed by atoms with Crippen LogP contribution in [0.2, 0.25) is 0 Å². The molecule has 0 aliphatic carbocycles. The van der Waals surface area contributed by atoms with Crippen LogP contribution < -0.4 is 48.7 Å². The van der Waals surface area contributed by atoms with Gasteiger partial charge in [-0.2, -0.15) is 0 Å². The largest absolute Gasteiger partial charge is 0.490 e. The summed E-state index contributed by atoms with van der Waals surface area (Å²) in [7, 11) is 0. The highest BCUT2D eigenvalue weighted by atomic mass is 16.5. The number of benzene rings is 4. The Hall–Kier alpha value is -10.3. The van der Waals surface area contributed by atoms with E-state index in [1.165, 1.54) is 11.1 Å². The second kappa shape index (κ2) is 46.8. The number of anilines is 8. The lowest BCUT2D eigenvalue weighted by molar-refractivity contribution is -0.120. The van der Waals surface area contributed by atoms with Gasteiger partial charge in [-0.1, -0.05) is 116 Å². The quantitative estimate of drug-likeness (QED) is 0.111. The molecule has 118 heavy (non-hydrogen) atoms. The number of ether oxygens (including phenoxy) is 2. The predicted molar refractivity (Wildman–Crippen MR) is 478 cm³/mol. The van der Waals surface area contributed by atoms with Crippen molar-refractivity contribution in [3.8, 4) is 11.5 Å². The van der Waals surface area contributed by atoms with Gasteiger partial charge in [-0.3, -0.25) is 38.8 Å². The zero-order valence-electron chi connectivity index (χ0n) is 73.6. The number of rotatable bonds is 12. The number of nitrogens with zero attached hydrogens (tertiary/aromatic N) is 20. The lowest BCUT2D eigenvalue weighted by atomic mass is 10.0. The summed E-state index contributed by atoms with van der Waals surface area (Å²) in [5, 5.41) is 0. The van der Waals surface area contributed by atoms with Crippen LogP contribution in [0.15, 0.2) is 121 Å². The van der Waals surface area contributed by atoms with E-state index in [9.17, 15) is 19.2 Å². The molecule has 4 fully saturated rings. The summed E-state index contributed by atoms with van der Waals surface area (Å²) in [6, 6.07) is 40.3. The van der Waals surface area contributed by atoms with Crippen LogP contribution in [0.1, 0.15) is 138 Å². The molecule has 0 radical (unpaired) electrons. The Balaban J connectivity index is 0.000000174. The van der Waals surface area contributed by atoms with Gasteiger partial charge in [0.05, 0.1) is 50.6 Å². The smallest absolute Gasteiger partial charge is 0.241 e. The summed E-state index contributed by atoms with van der Waals surface area (Å²) in [5.41, 5.74) is 10.5. The van der Waals surface area contributed by atoms with Crippen LogP contribution in [0.3, 0.4) is 0 Å². The van der Waals surface area contributed by atoms with Crippen molar-refractivity contribution >= 4 is 69.6 Å². The lowest BCUT2D eigenvalue weighted by Gasteiger charge is -2.37. The molecular formula is C92H132N20O6. The second-order valence-corrected chi connectivity index (χ2v) is 29.7. The van der Waals surface area contributed by atoms with E-state index in [1.54, 1.807) is 0 Å². The van der Waals surface area contributed by atoms with E-state index in [2.05, 4.69) is 122 Å². The van der Waals surface area contributed by atoms with Gasteiger partial charge in [-0.15, -0.1) is 0 Å².